The topological polar surface area (TPSA) is 158 Å². The molecule has 12 nitrogen and oxygen atoms in total. The molecule has 2 aromatic carbocycles. The fourth-order valence-corrected chi connectivity index (χ4v) is 11.9. The van der Waals surface area contributed by atoms with Crippen molar-refractivity contribution in [1.29, 1.82) is 0 Å². The zero-order valence-electron chi connectivity index (χ0n) is 37.0. The number of halogens is 9. The second-order valence-corrected chi connectivity index (χ2v) is 23.7. The Kier molecular flexibility index (Phi) is 12.5. The molecule has 3 aliphatic carbocycles. The number of anilines is 1. The first-order valence-electron chi connectivity index (χ1n) is 21.4. The van der Waals surface area contributed by atoms with Crippen molar-refractivity contribution >= 4 is 54.1 Å². The van der Waals surface area contributed by atoms with E-state index >= 15 is 8.78 Å². The summed E-state index contributed by atoms with van der Waals surface area (Å²) in [5, 5.41) is 9.76. The van der Waals surface area contributed by atoms with Gasteiger partial charge in [-0.2, -0.15) is 19.0 Å². The number of hydrogen-bond acceptors (Lipinski definition) is 8. The third-order valence-corrected chi connectivity index (χ3v) is 18.4. The molecule has 23 heteroatoms. The number of nitrogens with one attached hydrogen (secondary N) is 2. The van der Waals surface area contributed by atoms with Crippen LogP contribution in [-0.4, -0.2) is 68.5 Å². The van der Waals surface area contributed by atoms with E-state index in [0.29, 0.717) is 36.4 Å². The van der Waals surface area contributed by atoms with Crippen molar-refractivity contribution in [2.45, 2.75) is 125 Å². The van der Waals surface area contributed by atoms with Crippen molar-refractivity contribution in [3.63, 3.8) is 0 Å². The molecule has 5 aromatic rings. The van der Waals surface area contributed by atoms with Crippen molar-refractivity contribution in [2.75, 3.05) is 4.72 Å². The van der Waals surface area contributed by atoms with Gasteiger partial charge in [0.05, 0.1) is 37.7 Å². The summed E-state index contributed by atoms with van der Waals surface area (Å²) in [6, 6.07) is 6.33. The molecule has 364 valence electrons. The van der Waals surface area contributed by atoms with Crippen LogP contribution in [0.2, 0.25) is 5.02 Å². The predicted molar refractivity (Wildman–Crippen MR) is 237 cm³/mol. The van der Waals surface area contributed by atoms with Gasteiger partial charge >= 0.3 is 0 Å². The molecule has 0 aliphatic heterocycles. The standard InChI is InChI=1S/C45H44ClF8N7O5S2/c1-22-23(2)45(53,54)40-35(22)38(41(51)52)57-61(40)21-34(62)56-32(18-24-16-25(47)19-26(48)17-24)37-29(9-6-27(55-37)12-13-43(3,4)67(63,64)28-7-8-28)30-10-11-31(46)36-39(30)60(20-33(49)50)58-42(36)59-68(65,66)44(5)14-15-44/h6,9-11,16-17,19,22-23,28,32-33,41H,7-8,14-15,18,20-21H2,1-5H3,(H,56,62)(H,58,59)/t22-,23+,32-/m0/s1. The zero-order chi connectivity index (χ0) is 49.6. The third kappa shape index (κ3) is 8.93. The van der Waals surface area contributed by atoms with Crippen LogP contribution in [0.15, 0.2) is 42.5 Å². The highest BCUT2D eigenvalue weighted by Crippen LogP contribution is 2.55. The largest absolute Gasteiger partial charge is 0.346 e. The Balaban J connectivity index is 1.33. The number of sulfonamides is 1. The highest BCUT2D eigenvalue weighted by atomic mass is 35.5. The Morgan fingerprint density at radius 2 is 1.59 bits per heavy atom. The van der Waals surface area contributed by atoms with Gasteiger partial charge in [-0.15, -0.1) is 0 Å². The maximum atomic E-state index is 15.8. The first-order chi connectivity index (χ1) is 31.7. The highest BCUT2D eigenvalue weighted by molar-refractivity contribution is 7.94. The molecular formula is C45H44ClF8N7O5S2. The molecule has 68 heavy (non-hydrogen) atoms. The SMILES string of the molecule is C[C@@H]1c2c(C(F)F)nn(CC(=O)N[C@@H](Cc3cc(F)cc(F)c3)c3nc(C#CC(C)(C)S(=O)(=O)C4CC4)ccc3-c3ccc(Cl)c4c(NS(=O)(=O)C5(C)CC5)nn(CC(F)F)c34)c2C(F)(F)[C@@H]1C. The van der Waals surface area contributed by atoms with Crippen molar-refractivity contribution in [1.82, 2.24) is 29.9 Å². The van der Waals surface area contributed by atoms with Crippen LogP contribution in [-0.2, 0) is 50.1 Å². The first kappa shape index (κ1) is 49.2. The summed E-state index contributed by atoms with van der Waals surface area (Å²) in [4.78, 5) is 19.0. The Morgan fingerprint density at radius 1 is 0.941 bits per heavy atom. The lowest BCUT2D eigenvalue weighted by atomic mass is 9.93. The van der Waals surface area contributed by atoms with Crippen LogP contribution in [0.3, 0.4) is 0 Å². The van der Waals surface area contributed by atoms with Crippen LogP contribution >= 0.6 is 11.6 Å². The molecule has 1 amide bonds. The third-order valence-electron chi connectivity index (χ3n) is 13.0. The second kappa shape index (κ2) is 17.3. The fraction of sp³-hybridized carbons (Fsp3) is 0.467. The normalized spacial score (nSPS) is 19.2. The maximum Gasteiger partial charge on any atom is 0.292 e. The average Bonchev–Trinajstić information content (AvgIpc) is 4.16. The smallest absolute Gasteiger partial charge is 0.292 e. The monoisotopic (exact) mass is 1010 g/mol. The van der Waals surface area contributed by atoms with E-state index in [1.165, 1.54) is 58.9 Å². The average molecular weight is 1010 g/mol. The number of fused-ring (bicyclic) bond motifs is 2. The number of rotatable bonds is 15. The quantitative estimate of drug-likeness (QED) is 0.0776. The van der Waals surface area contributed by atoms with Gasteiger partial charge in [-0.1, -0.05) is 37.4 Å². The summed E-state index contributed by atoms with van der Waals surface area (Å²) >= 11 is 6.69. The number of nitrogens with zero attached hydrogens (tertiary/aromatic N) is 5. The number of benzene rings is 2. The van der Waals surface area contributed by atoms with Gasteiger partial charge in [0.25, 0.3) is 18.8 Å². The molecule has 2 fully saturated rings. The van der Waals surface area contributed by atoms with Crippen molar-refractivity contribution in [3.05, 3.63) is 93.0 Å². The van der Waals surface area contributed by atoms with Crippen molar-refractivity contribution in [3.8, 4) is 23.0 Å². The highest BCUT2D eigenvalue weighted by Gasteiger charge is 2.55. The maximum absolute atomic E-state index is 15.8. The zero-order valence-corrected chi connectivity index (χ0v) is 39.3. The Hall–Kier alpha value is -5.27. The van der Waals surface area contributed by atoms with E-state index in [0.717, 1.165) is 16.8 Å². The number of carbonyl (C=O) groups is 1. The molecule has 8 rings (SSSR count). The Bertz CT molecular complexity index is 3140. The molecular weight excluding hydrogens is 970 g/mol. The number of amides is 1. The lowest BCUT2D eigenvalue weighted by Gasteiger charge is -2.24. The number of sulfone groups is 1. The Morgan fingerprint density at radius 3 is 2.19 bits per heavy atom. The molecule has 3 atom stereocenters. The van der Waals surface area contributed by atoms with Gasteiger partial charge in [0.1, 0.15) is 46.6 Å². The van der Waals surface area contributed by atoms with Crippen LogP contribution in [0.1, 0.15) is 113 Å². The molecule has 3 aliphatic rings. The van der Waals surface area contributed by atoms with Crippen LogP contribution < -0.4 is 10.0 Å². The Labute approximate surface area is 391 Å². The van der Waals surface area contributed by atoms with Crippen molar-refractivity contribution in [2.24, 2.45) is 5.92 Å². The van der Waals surface area contributed by atoms with Crippen LogP contribution in [0.25, 0.3) is 22.0 Å². The van der Waals surface area contributed by atoms with Crippen LogP contribution in [0, 0.1) is 29.4 Å². The van der Waals surface area contributed by atoms with E-state index in [4.69, 9.17) is 16.6 Å². The van der Waals surface area contributed by atoms with Gasteiger partial charge in [-0.3, -0.25) is 18.9 Å². The van der Waals surface area contributed by atoms with Gasteiger partial charge in [-0.25, -0.2) is 48.2 Å². The minimum atomic E-state index is -4.15. The molecule has 2 N–H and O–H groups in total. The molecule has 0 spiro atoms. The van der Waals surface area contributed by atoms with Crippen LogP contribution in [0.5, 0.6) is 0 Å². The molecule has 0 unspecified atom stereocenters. The van der Waals surface area contributed by atoms with Crippen LogP contribution in [0.4, 0.5) is 40.9 Å². The molecule has 3 heterocycles. The summed E-state index contributed by atoms with van der Waals surface area (Å²) in [5.41, 5.74) is -2.76. The van der Waals surface area contributed by atoms with Gasteiger partial charge in [-0.05, 0) is 101 Å². The fourth-order valence-electron chi connectivity index (χ4n) is 8.55. The lowest BCUT2D eigenvalue weighted by molar-refractivity contribution is -0.123. The minimum Gasteiger partial charge on any atom is -0.346 e. The minimum absolute atomic E-state index is 0.00242. The summed E-state index contributed by atoms with van der Waals surface area (Å²) in [6.45, 7) is 4.68. The summed E-state index contributed by atoms with van der Waals surface area (Å²) < 4.78 is 173. The number of pyridine rings is 1. The number of carbonyl (C=O) groups excluding carboxylic acids is 1. The first-order valence-corrected chi connectivity index (χ1v) is 24.9. The van der Waals surface area contributed by atoms with E-state index in [-0.39, 0.29) is 49.8 Å². The molecule has 0 radical (unpaired) electrons. The molecule has 2 saturated carbocycles. The van der Waals surface area contributed by atoms with E-state index in [1.54, 1.807) is 0 Å². The predicted octanol–water partition coefficient (Wildman–Crippen LogP) is 9.38. The molecule has 0 bridgehead atoms. The van der Waals surface area contributed by atoms with Gasteiger partial charge < -0.3 is 5.32 Å². The van der Waals surface area contributed by atoms with E-state index < -0.39 is 125 Å². The van der Waals surface area contributed by atoms with E-state index in [2.05, 4.69) is 32.1 Å². The summed E-state index contributed by atoms with van der Waals surface area (Å²) in [6.07, 6.45) is -5.33. The number of aromatic nitrogens is 5. The van der Waals surface area contributed by atoms with Crippen molar-refractivity contribution < 1.29 is 56.8 Å². The number of alkyl halides is 6. The lowest BCUT2D eigenvalue weighted by Crippen LogP contribution is -2.35. The molecule has 0 saturated heterocycles. The second-order valence-electron chi connectivity index (χ2n) is 18.3. The van der Waals surface area contributed by atoms with E-state index in [9.17, 15) is 48.0 Å². The van der Waals surface area contributed by atoms with Gasteiger partial charge in [0.15, 0.2) is 15.7 Å². The summed E-state index contributed by atoms with van der Waals surface area (Å²) in [5.74, 6) is -4.25. The number of hydrogen-bond donors (Lipinski definition) is 2. The van der Waals surface area contributed by atoms with Gasteiger partial charge in [0, 0.05) is 28.7 Å². The van der Waals surface area contributed by atoms with Gasteiger partial charge in [0.2, 0.25) is 15.9 Å². The summed E-state index contributed by atoms with van der Waals surface area (Å²) in [7, 11) is -7.91. The van der Waals surface area contributed by atoms with E-state index in [1.807, 2.05) is 0 Å². The molecule has 3 aromatic heterocycles.